The van der Waals surface area contributed by atoms with Crippen LogP contribution >= 0.6 is 0 Å². The molecule has 0 bridgehead atoms. The van der Waals surface area contributed by atoms with Crippen LogP contribution in [0.25, 0.3) is 0 Å². The van der Waals surface area contributed by atoms with E-state index in [0.717, 1.165) is 5.56 Å². The fourth-order valence-corrected chi connectivity index (χ4v) is 1.01. The summed E-state index contributed by atoms with van der Waals surface area (Å²) >= 11 is 0. The molecule has 1 aromatic rings. The second-order valence-corrected chi connectivity index (χ2v) is 3.06. The minimum Gasteiger partial charge on any atom is -0.369 e. The smallest absolute Gasteiger partial charge is 0.177 e. The molecule has 0 saturated heterocycles. The van der Waals surface area contributed by atoms with Crippen LogP contribution in [0.15, 0.2) is 43.5 Å². The molecule has 0 fully saturated rings. The third-order valence-electron chi connectivity index (χ3n) is 1.73. The second kappa shape index (κ2) is 12.0. The minimum atomic E-state index is -0.968. The van der Waals surface area contributed by atoms with Crippen LogP contribution in [0.5, 0.6) is 0 Å². The van der Waals surface area contributed by atoms with Gasteiger partial charge in [0.15, 0.2) is 6.10 Å². The summed E-state index contributed by atoms with van der Waals surface area (Å²) < 4.78 is 4.93. The highest BCUT2D eigenvalue weighted by atomic mass is 16.5. The molecular weight excluding hydrogens is 236 g/mol. The van der Waals surface area contributed by atoms with Crippen LogP contribution in [0.4, 0.5) is 0 Å². The molecule has 0 aliphatic carbocycles. The zero-order valence-corrected chi connectivity index (χ0v) is 10.7. The van der Waals surface area contributed by atoms with Crippen LogP contribution in [0.3, 0.4) is 0 Å². The molecule has 19 heavy (non-hydrogen) atoms. The van der Waals surface area contributed by atoms with E-state index in [-0.39, 0.29) is 13.2 Å². The topological polar surface area (TPSA) is 29.5 Å². The second-order valence-electron chi connectivity index (χ2n) is 3.06. The molecule has 0 aromatic heterocycles. The molecule has 1 aromatic carbocycles. The molecule has 0 heterocycles. The van der Waals surface area contributed by atoms with E-state index in [4.69, 9.17) is 11.2 Å². The maximum Gasteiger partial charge on any atom is 0.177 e. The first-order valence-electron chi connectivity index (χ1n) is 5.57. The summed E-state index contributed by atoms with van der Waals surface area (Å²) in [6.07, 6.45) is 4.02. The first kappa shape index (κ1) is 16.6. The molecule has 0 saturated carbocycles. The molecular formula is C17H16O2. The molecule has 96 valence electrons. The Morgan fingerprint density at radius 2 is 1.84 bits per heavy atom. The van der Waals surface area contributed by atoms with Gasteiger partial charge in [-0.2, -0.15) is 0 Å². The highest BCUT2D eigenvalue weighted by Crippen LogP contribution is 1.94. The van der Waals surface area contributed by atoms with Gasteiger partial charge in [0.25, 0.3) is 0 Å². The van der Waals surface area contributed by atoms with Crippen molar-refractivity contribution in [2.75, 3.05) is 13.2 Å². The molecule has 1 atom stereocenters. The number of ether oxygens (including phenoxy) is 1. The molecule has 1 unspecified atom stereocenters. The Hall–Kier alpha value is -2.44. The van der Waals surface area contributed by atoms with E-state index in [9.17, 15) is 5.11 Å². The Morgan fingerprint density at radius 3 is 2.47 bits per heavy atom. The molecule has 2 nitrogen and oxygen atoms in total. The van der Waals surface area contributed by atoms with Crippen molar-refractivity contribution in [1.82, 2.24) is 0 Å². The standard InChI is InChI=1S/C15H12O2.C2H4/c1-2-12-17-13-6-9-15(16)11-10-14-7-4-3-5-8-14;1-2/h1,3-5,7-8,15-16H,12-13H2;1-2H2. The first-order valence-corrected chi connectivity index (χ1v) is 5.57. The highest BCUT2D eigenvalue weighted by molar-refractivity contribution is 5.36. The van der Waals surface area contributed by atoms with Crippen molar-refractivity contribution in [2.45, 2.75) is 6.10 Å². The summed E-state index contributed by atoms with van der Waals surface area (Å²) in [6.45, 7) is 6.43. The SMILES string of the molecule is C#CCOCC#CC(O)C#Cc1ccccc1.C=C. The van der Waals surface area contributed by atoms with Crippen LogP contribution in [-0.4, -0.2) is 24.4 Å². The van der Waals surface area contributed by atoms with Gasteiger partial charge in [-0.25, -0.2) is 0 Å². The van der Waals surface area contributed by atoms with Gasteiger partial charge in [0.05, 0.1) is 0 Å². The fourth-order valence-electron chi connectivity index (χ4n) is 1.01. The Morgan fingerprint density at radius 1 is 1.16 bits per heavy atom. The van der Waals surface area contributed by atoms with Gasteiger partial charge in [-0.3, -0.25) is 0 Å². The maximum atomic E-state index is 9.42. The van der Waals surface area contributed by atoms with Gasteiger partial charge < -0.3 is 9.84 Å². The van der Waals surface area contributed by atoms with Gasteiger partial charge in [0, 0.05) is 5.56 Å². The lowest BCUT2D eigenvalue weighted by Gasteiger charge is -1.91. The predicted molar refractivity (Wildman–Crippen MR) is 78.0 cm³/mol. The molecule has 0 aliphatic rings. The number of aliphatic hydroxyl groups excluding tert-OH is 1. The van der Waals surface area contributed by atoms with E-state index in [0.29, 0.717) is 0 Å². The molecule has 0 amide bonds. The van der Waals surface area contributed by atoms with Crippen LogP contribution in [0.1, 0.15) is 5.56 Å². The van der Waals surface area contributed by atoms with Crippen LogP contribution in [-0.2, 0) is 4.74 Å². The summed E-state index contributed by atoms with van der Waals surface area (Å²) in [7, 11) is 0. The zero-order valence-electron chi connectivity index (χ0n) is 10.7. The van der Waals surface area contributed by atoms with E-state index in [1.807, 2.05) is 30.3 Å². The average Bonchev–Trinajstić information content (AvgIpc) is 2.48. The monoisotopic (exact) mass is 252 g/mol. The first-order chi connectivity index (χ1) is 9.33. The Bertz CT molecular complexity index is 503. The molecule has 2 heteroatoms. The Kier molecular flexibility index (Phi) is 10.5. The lowest BCUT2D eigenvalue weighted by molar-refractivity contribution is 0.204. The van der Waals surface area contributed by atoms with Crippen molar-refractivity contribution in [3.05, 3.63) is 49.1 Å². The quantitative estimate of drug-likeness (QED) is 0.494. The normalized spacial score (nSPS) is 9.26. The van der Waals surface area contributed by atoms with Crippen molar-refractivity contribution >= 4 is 0 Å². The van der Waals surface area contributed by atoms with Crippen LogP contribution in [0, 0.1) is 36.0 Å². The predicted octanol–water partition coefficient (Wildman–Crippen LogP) is 1.85. The van der Waals surface area contributed by atoms with E-state index >= 15 is 0 Å². The zero-order chi connectivity index (χ0) is 14.3. The largest absolute Gasteiger partial charge is 0.369 e. The lowest BCUT2D eigenvalue weighted by Crippen LogP contribution is -1.99. The number of hydrogen-bond donors (Lipinski definition) is 1. The summed E-state index contributed by atoms with van der Waals surface area (Å²) in [6, 6.07) is 9.40. The van der Waals surface area contributed by atoms with Gasteiger partial charge in [-0.05, 0) is 12.1 Å². The molecule has 1 N–H and O–H groups in total. The third kappa shape index (κ3) is 9.28. The number of hydrogen-bond acceptors (Lipinski definition) is 2. The van der Waals surface area contributed by atoms with Gasteiger partial charge in [-0.15, -0.1) is 19.6 Å². The van der Waals surface area contributed by atoms with Crippen molar-refractivity contribution in [3.63, 3.8) is 0 Å². The van der Waals surface area contributed by atoms with Gasteiger partial charge >= 0.3 is 0 Å². The number of rotatable bonds is 2. The Balaban J connectivity index is 0.00000154. The number of benzene rings is 1. The van der Waals surface area contributed by atoms with Crippen molar-refractivity contribution < 1.29 is 9.84 Å². The molecule has 0 spiro atoms. The number of aliphatic hydroxyl groups is 1. The van der Waals surface area contributed by atoms with Crippen LogP contribution < -0.4 is 0 Å². The summed E-state index contributed by atoms with van der Waals surface area (Å²) in [5, 5.41) is 9.42. The molecule has 1 rings (SSSR count). The van der Waals surface area contributed by atoms with Crippen molar-refractivity contribution in [3.8, 4) is 36.0 Å². The fraction of sp³-hybridized carbons (Fsp3) is 0.176. The minimum absolute atomic E-state index is 0.203. The average molecular weight is 252 g/mol. The molecule has 0 aliphatic heterocycles. The Labute approximate surface area is 115 Å². The summed E-state index contributed by atoms with van der Waals surface area (Å²) in [4.78, 5) is 0. The third-order valence-corrected chi connectivity index (χ3v) is 1.73. The van der Waals surface area contributed by atoms with Crippen LogP contribution in [0.2, 0.25) is 0 Å². The molecule has 0 radical (unpaired) electrons. The van der Waals surface area contributed by atoms with Gasteiger partial charge in [0.1, 0.15) is 13.2 Å². The van der Waals surface area contributed by atoms with E-state index in [1.54, 1.807) is 0 Å². The van der Waals surface area contributed by atoms with E-state index < -0.39 is 6.10 Å². The highest BCUT2D eigenvalue weighted by Gasteiger charge is 1.89. The summed E-state index contributed by atoms with van der Waals surface area (Å²) in [5.41, 5.74) is 0.844. The maximum absolute atomic E-state index is 9.42. The van der Waals surface area contributed by atoms with Crippen molar-refractivity contribution in [2.24, 2.45) is 0 Å². The van der Waals surface area contributed by atoms with Gasteiger partial charge in [-0.1, -0.05) is 47.8 Å². The lowest BCUT2D eigenvalue weighted by atomic mass is 10.2. The van der Waals surface area contributed by atoms with E-state index in [2.05, 4.69) is 42.8 Å². The van der Waals surface area contributed by atoms with E-state index in [1.165, 1.54) is 0 Å². The number of terminal acetylenes is 1. The van der Waals surface area contributed by atoms with Gasteiger partial charge in [0.2, 0.25) is 0 Å². The summed E-state index contributed by atoms with van der Waals surface area (Å²) in [5.74, 6) is 13.0. The van der Waals surface area contributed by atoms with Crippen molar-refractivity contribution in [1.29, 1.82) is 0 Å².